The van der Waals surface area contributed by atoms with Gasteiger partial charge in [-0.25, -0.2) is 8.42 Å². The Bertz CT molecular complexity index is 583. The number of carbonyl (C=O) groups excluding carboxylic acids is 1. The summed E-state index contributed by atoms with van der Waals surface area (Å²) >= 11 is 0. The second-order valence-corrected chi connectivity index (χ2v) is 6.35. The number of hydrogen-bond donors (Lipinski definition) is 2. The van der Waals surface area contributed by atoms with Crippen molar-refractivity contribution < 1.29 is 13.2 Å². The molecule has 0 aromatic heterocycles. The molecule has 1 rings (SSSR count). The zero-order chi connectivity index (χ0) is 16.0. The highest BCUT2D eigenvalue weighted by Crippen LogP contribution is 2.15. The average molecular weight is 313 g/mol. The predicted molar refractivity (Wildman–Crippen MR) is 82.0 cm³/mol. The van der Waals surface area contributed by atoms with E-state index in [1.807, 2.05) is 13.8 Å². The molecule has 1 aromatic rings. The van der Waals surface area contributed by atoms with E-state index < -0.39 is 16.1 Å². The van der Waals surface area contributed by atoms with E-state index in [0.29, 0.717) is 18.7 Å². The molecule has 7 heteroatoms. The Balaban J connectivity index is 2.97. The largest absolute Gasteiger partial charge is 0.342 e. The minimum absolute atomic E-state index is 0.117. The summed E-state index contributed by atoms with van der Waals surface area (Å²) in [5.74, 6) is -0.242. The number of hydrogen-bond acceptors (Lipinski definition) is 4. The van der Waals surface area contributed by atoms with Crippen LogP contribution >= 0.6 is 0 Å². The van der Waals surface area contributed by atoms with Crippen LogP contribution in [0.1, 0.15) is 26.3 Å². The van der Waals surface area contributed by atoms with E-state index in [9.17, 15) is 13.2 Å². The number of nitrogens with two attached hydrogens (primary N) is 1. The molecule has 0 heterocycles. The van der Waals surface area contributed by atoms with Gasteiger partial charge in [-0.1, -0.05) is 18.2 Å². The molecular weight excluding hydrogens is 290 g/mol. The van der Waals surface area contributed by atoms with E-state index in [1.165, 1.54) is 6.07 Å². The summed E-state index contributed by atoms with van der Waals surface area (Å²) in [5, 5.41) is 0. The van der Waals surface area contributed by atoms with Crippen molar-refractivity contribution in [3.63, 3.8) is 0 Å². The summed E-state index contributed by atoms with van der Waals surface area (Å²) < 4.78 is 27.2. The van der Waals surface area contributed by atoms with Crippen molar-refractivity contribution in [2.45, 2.75) is 38.3 Å². The van der Waals surface area contributed by atoms with Crippen LogP contribution in [0.15, 0.2) is 29.2 Å². The van der Waals surface area contributed by atoms with Crippen molar-refractivity contribution in [3.05, 3.63) is 29.8 Å². The molecule has 0 saturated heterocycles. The molecule has 0 spiro atoms. The quantitative estimate of drug-likeness (QED) is 0.774. The van der Waals surface area contributed by atoms with E-state index in [4.69, 9.17) is 5.73 Å². The summed E-state index contributed by atoms with van der Waals surface area (Å²) in [6.07, 6.45) is 0. The summed E-state index contributed by atoms with van der Waals surface area (Å²) in [7, 11) is -3.77. The zero-order valence-electron chi connectivity index (χ0n) is 12.7. The third-order valence-corrected chi connectivity index (χ3v) is 4.90. The maximum absolute atomic E-state index is 12.4. The fourth-order valence-electron chi connectivity index (χ4n) is 2.09. The van der Waals surface area contributed by atoms with Gasteiger partial charge in [0, 0.05) is 19.6 Å². The molecule has 0 saturated carbocycles. The molecular formula is C14H23N3O3S. The number of nitrogens with one attached hydrogen (secondary N) is 1. The molecule has 3 N–H and O–H groups in total. The van der Waals surface area contributed by atoms with Gasteiger partial charge in [-0.3, -0.25) is 4.79 Å². The lowest BCUT2D eigenvalue weighted by Gasteiger charge is -2.23. The van der Waals surface area contributed by atoms with Crippen molar-refractivity contribution in [2.24, 2.45) is 5.73 Å². The molecule has 1 unspecified atom stereocenters. The van der Waals surface area contributed by atoms with Crippen LogP contribution in [-0.4, -0.2) is 38.4 Å². The molecule has 1 aromatic carbocycles. The van der Waals surface area contributed by atoms with Gasteiger partial charge in [-0.05, 0) is 32.4 Å². The van der Waals surface area contributed by atoms with Gasteiger partial charge in [0.1, 0.15) is 0 Å². The van der Waals surface area contributed by atoms with Gasteiger partial charge < -0.3 is 10.6 Å². The van der Waals surface area contributed by atoms with E-state index in [-0.39, 0.29) is 17.3 Å². The van der Waals surface area contributed by atoms with Crippen molar-refractivity contribution in [3.8, 4) is 0 Å². The normalized spacial score (nSPS) is 13.0. The third kappa shape index (κ3) is 4.26. The first-order valence-electron chi connectivity index (χ1n) is 6.96. The van der Waals surface area contributed by atoms with Gasteiger partial charge in [0.2, 0.25) is 15.9 Å². The standard InChI is InChI=1S/C14H23N3O3S/c1-4-17(5-2)14(18)11(3)16-21(19,20)13-9-7-6-8-12(13)10-15/h6-9,11,16H,4-5,10,15H2,1-3H3. The molecule has 0 bridgehead atoms. The molecule has 0 fully saturated rings. The van der Waals surface area contributed by atoms with E-state index in [1.54, 1.807) is 30.0 Å². The van der Waals surface area contributed by atoms with Gasteiger partial charge in [0.25, 0.3) is 0 Å². The van der Waals surface area contributed by atoms with Crippen LogP contribution in [-0.2, 0) is 21.4 Å². The Labute approximate surface area is 126 Å². The predicted octanol–water partition coefficient (Wildman–Crippen LogP) is 0.681. The van der Waals surface area contributed by atoms with Crippen molar-refractivity contribution in [2.75, 3.05) is 13.1 Å². The van der Waals surface area contributed by atoms with E-state index >= 15 is 0 Å². The minimum Gasteiger partial charge on any atom is -0.342 e. The molecule has 0 aliphatic carbocycles. The molecule has 0 radical (unpaired) electrons. The van der Waals surface area contributed by atoms with Crippen LogP contribution in [0, 0.1) is 0 Å². The van der Waals surface area contributed by atoms with Gasteiger partial charge >= 0.3 is 0 Å². The molecule has 6 nitrogen and oxygen atoms in total. The first kappa shape index (κ1) is 17.6. The smallest absolute Gasteiger partial charge is 0.241 e. The van der Waals surface area contributed by atoms with Crippen LogP contribution in [0.3, 0.4) is 0 Å². The topological polar surface area (TPSA) is 92.5 Å². The monoisotopic (exact) mass is 313 g/mol. The van der Waals surface area contributed by atoms with Crippen LogP contribution in [0.25, 0.3) is 0 Å². The second kappa shape index (κ2) is 7.53. The van der Waals surface area contributed by atoms with Gasteiger partial charge in [-0.15, -0.1) is 0 Å². The Morgan fingerprint density at radius 2 is 1.86 bits per heavy atom. The summed E-state index contributed by atoms with van der Waals surface area (Å²) in [6.45, 7) is 6.46. The SMILES string of the molecule is CCN(CC)C(=O)C(C)NS(=O)(=O)c1ccccc1CN. The zero-order valence-corrected chi connectivity index (χ0v) is 13.5. The van der Waals surface area contributed by atoms with Gasteiger partial charge in [0.05, 0.1) is 10.9 Å². The second-order valence-electron chi connectivity index (χ2n) is 4.67. The summed E-state index contributed by atoms with van der Waals surface area (Å²) in [5.41, 5.74) is 6.08. The maximum atomic E-state index is 12.4. The van der Waals surface area contributed by atoms with Crippen LogP contribution in [0.5, 0.6) is 0 Å². The molecule has 1 atom stereocenters. The number of sulfonamides is 1. The van der Waals surface area contributed by atoms with Gasteiger partial charge in [-0.2, -0.15) is 4.72 Å². The molecule has 1 amide bonds. The van der Waals surface area contributed by atoms with Crippen LogP contribution < -0.4 is 10.5 Å². The summed E-state index contributed by atoms with van der Waals surface area (Å²) in [4.78, 5) is 13.8. The minimum atomic E-state index is -3.77. The Hall–Kier alpha value is -1.44. The highest BCUT2D eigenvalue weighted by Gasteiger charge is 2.25. The number of nitrogens with zero attached hydrogens (tertiary/aromatic N) is 1. The number of carbonyl (C=O) groups is 1. The van der Waals surface area contributed by atoms with Crippen LogP contribution in [0.2, 0.25) is 0 Å². The Morgan fingerprint density at radius 1 is 1.29 bits per heavy atom. The molecule has 0 aliphatic rings. The lowest BCUT2D eigenvalue weighted by Crippen LogP contribution is -2.46. The lowest BCUT2D eigenvalue weighted by atomic mass is 10.2. The maximum Gasteiger partial charge on any atom is 0.241 e. The number of likely N-dealkylation sites (N-methyl/N-ethyl adjacent to an activating group) is 1. The fraction of sp³-hybridized carbons (Fsp3) is 0.500. The lowest BCUT2D eigenvalue weighted by molar-refractivity contribution is -0.132. The summed E-state index contributed by atoms with van der Waals surface area (Å²) in [6, 6.07) is 5.68. The fourth-order valence-corrected chi connectivity index (χ4v) is 3.54. The van der Waals surface area contributed by atoms with Crippen molar-refractivity contribution in [1.29, 1.82) is 0 Å². The van der Waals surface area contributed by atoms with E-state index in [0.717, 1.165) is 0 Å². The molecule has 21 heavy (non-hydrogen) atoms. The molecule has 0 aliphatic heterocycles. The van der Waals surface area contributed by atoms with Crippen molar-refractivity contribution >= 4 is 15.9 Å². The third-order valence-electron chi connectivity index (χ3n) is 3.26. The number of benzene rings is 1. The van der Waals surface area contributed by atoms with E-state index in [2.05, 4.69) is 4.72 Å². The van der Waals surface area contributed by atoms with Crippen molar-refractivity contribution in [1.82, 2.24) is 9.62 Å². The molecule has 118 valence electrons. The van der Waals surface area contributed by atoms with Gasteiger partial charge in [0.15, 0.2) is 0 Å². The first-order valence-corrected chi connectivity index (χ1v) is 8.44. The highest BCUT2D eigenvalue weighted by molar-refractivity contribution is 7.89. The number of rotatable bonds is 7. The Kier molecular flexibility index (Phi) is 6.32. The average Bonchev–Trinajstić information content (AvgIpc) is 2.47. The van der Waals surface area contributed by atoms with Crippen LogP contribution in [0.4, 0.5) is 0 Å². The Morgan fingerprint density at radius 3 is 2.38 bits per heavy atom. The first-order chi connectivity index (χ1) is 9.87. The number of amides is 1. The highest BCUT2D eigenvalue weighted by atomic mass is 32.2.